The molecule has 1 heterocycles. The van der Waals surface area contributed by atoms with Crippen LogP contribution in [0.3, 0.4) is 0 Å². The van der Waals surface area contributed by atoms with E-state index in [0.29, 0.717) is 31.7 Å². The van der Waals surface area contributed by atoms with Crippen LogP contribution in [-0.2, 0) is 13.0 Å². The van der Waals surface area contributed by atoms with Crippen molar-refractivity contribution in [2.75, 3.05) is 18.9 Å². The maximum absolute atomic E-state index is 11.6. The largest absolute Gasteiger partial charge is 0.493 e. The van der Waals surface area contributed by atoms with E-state index in [-0.39, 0.29) is 12.2 Å². The zero-order valence-electron chi connectivity index (χ0n) is 11.9. The van der Waals surface area contributed by atoms with Crippen molar-refractivity contribution in [3.63, 3.8) is 0 Å². The summed E-state index contributed by atoms with van der Waals surface area (Å²) in [5.74, 6) is 0.784. The highest BCUT2D eigenvalue weighted by Gasteiger charge is 2.02. The van der Waals surface area contributed by atoms with Crippen molar-refractivity contribution in [3.05, 3.63) is 58.5 Å². The van der Waals surface area contributed by atoms with Crippen LogP contribution in [-0.4, -0.2) is 22.9 Å². The highest BCUT2D eigenvalue weighted by Crippen LogP contribution is 2.18. The van der Waals surface area contributed by atoms with Crippen molar-refractivity contribution in [3.8, 4) is 5.75 Å². The molecule has 5 heteroatoms. The first kappa shape index (κ1) is 15.1. The van der Waals surface area contributed by atoms with Crippen molar-refractivity contribution in [1.29, 1.82) is 0 Å². The standard InChI is InChI=1S/C16H20N2O3/c17-14-6-7-16(20)18(12-14)9-3-11-21-15-5-2-1-4-13(15)8-10-19/h1-2,4-7,12,19H,3,8-11,17H2. The molecule has 1 aromatic heterocycles. The molecule has 0 saturated heterocycles. The number of anilines is 1. The topological polar surface area (TPSA) is 77.5 Å². The number of rotatable bonds is 7. The molecule has 0 unspecified atom stereocenters. The fourth-order valence-corrected chi connectivity index (χ4v) is 2.11. The molecular formula is C16H20N2O3. The average Bonchev–Trinajstić information content (AvgIpc) is 2.49. The molecule has 112 valence electrons. The first-order chi connectivity index (χ1) is 10.2. The summed E-state index contributed by atoms with van der Waals surface area (Å²) in [5.41, 5.74) is 7.16. The van der Waals surface area contributed by atoms with Crippen molar-refractivity contribution in [1.82, 2.24) is 4.57 Å². The summed E-state index contributed by atoms with van der Waals surface area (Å²) in [5, 5.41) is 9.02. The second-order valence-corrected chi connectivity index (χ2v) is 4.78. The summed E-state index contributed by atoms with van der Waals surface area (Å²) in [6.45, 7) is 1.16. The van der Waals surface area contributed by atoms with E-state index in [2.05, 4.69) is 0 Å². The van der Waals surface area contributed by atoms with Crippen LogP contribution in [0.4, 0.5) is 5.69 Å². The van der Waals surface area contributed by atoms with E-state index in [1.165, 1.54) is 6.07 Å². The van der Waals surface area contributed by atoms with E-state index in [1.807, 2.05) is 24.3 Å². The quantitative estimate of drug-likeness (QED) is 0.756. The molecule has 1 aromatic carbocycles. The lowest BCUT2D eigenvalue weighted by Crippen LogP contribution is -2.20. The Morgan fingerprint density at radius 3 is 2.81 bits per heavy atom. The molecule has 0 aliphatic heterocycles. The molecule has 2 aromatic rings. The van der Waals surface area contributed by atoms with Gasteiger partial charge < -0.3 is 20.1 Å². The summed E-state index contributed by atoms with van der Waals surface area (Å²) >= 11 is 0. The highest BCUT2D eigenvalue weighted by atomic mass is 16.5. The Kier molecular flexibility index (Phi) is 5.40. The van der Waals surface area contributed by atoms with Crippen LogP contribution in [0.5, 0.6) is 5.75 Å². The molecule has 0 bridgehead atoms. The van der Waals surface area contributed by atoms with Crippen LogP contribution in [0, 0.1) is 0 Å². The number of benzene rings is 1. The van der Waals surface area contributed by atoms with Crippen LogP contribution in [0.15, 0.2) is 47.4 Å². The number of aliphatic hydroxyl groups is 1. The van der Waals surface area contributed by atoms with Gasteiger partial charge in [0, 0.05) is 31.1 Å². The first-order valence-electron chi connectivity index (χ1n) is 6.98. The Morgan fingerprint density at radius 2 is 2.00 bits per heavy atom. The maximum Gasteiger partial charge on any atom is 0.250 e. The molecule has 2 rings (SSSR count). The molecule has 0 spiro atoms. The van der Waals surface area contributed by atoms with E-state index < -0.39 is 0 Å². The van der Waals surface area contributed by atoms with E-state index in [9.17, 15) is 4.79 Å². The zero-order chi connectivity index (χ0) is 15.1. The van der Waals surface area contributed by atoms with Gasteiger partial charge in [-0.3, -0.25) is 4.79 Å². The minimum absolute atomic E-state index is 0.0649. The van der Waals surface area contributed by atoms with Crippen molar-refractivity contribution < 1.29 is 9.84 Å². The number of nitrogen functional groups attached to an aromatic ring is 1. The molecule has 0 atom stereocenters. The molecule has 0 aliphatic rings. The van der Waals surface area contributed by atoms with E-state index in [4.69, 9.17) is 15.6 Å². The molecular weight excluding hydrogens is 268 g/mol. The number of nitrogens with zero attached hydrogens (tertiary/aromatic N) is 1. The van der Waals surface area contributed by atoms with Gasteiger partial charge in [0.2, 0.25) is 0 Å². The Hall–Kier alpha value is -2.27. The zero-order valence-corrected chi connectivity index (χ0v) is 11.9. The van der Waals surface area contributed by atoms with Crippen LogP contribution in [0.2, 0.25) is 0 Å². The van der Waals surface area contributed by atoms with Crippen LogP contribution in [0.25, 0.3) is 0 Å². The van der Waals surface area contributed by atoms with Crippen LogP contribution < -0.4 is 16.0 Å². The van der Waals surface area contributed by atoms with Gasteiger partial charge in [0.15, 0.2) is 0 Å². The second-order valence-electron chi connectivity index (χ2n) is 4.78. The van der Waals surface area contributed by atoms with Gasteiger partial charge in [0.1, 0.15) is 5.75 Å². The molecule has 0 fully saturated rings. The minimum atomic E-state index is -0.0649. The molecule has 0 amide bonds. The number of aryl methyl sites for hydroxylation is 1. The highest BCUT2D eigenvalue weighted by molar-refractivity contribution is 5.34. The summed E-state index contributed by atoms with van der Waals surface area (Å²) in [6.07, 6.45) is 2.92. The van der Waals surface area contributed by atoms with Gasteiger partial charge in [-0.1, -0.05) is 18.2 Å². The maximum atomic E-state index is 11.6. The van der Waals surface area contributed by atoms with Gasteiger partial charge in [-0.05, 0) is 30.5 Å². The second kappa shape index (κ2) is 7.50. The number of hydrogen-bond acceptors (Lipinski definition) is 4. The van der Waals surface area contributed by atoms with E-state index >= 15 is 0 Å². The normalized spacial score (nSPS) is 10.5. The molecule has 21 heavy (non-hydrogen) atoms. The van der Waals surface area contributed by atoms with Crippen molar-refractivity contribution in [2.24, 2.45) is 0 Å². The first-order valence-corrected chi connectivity index (χ1v) is 6.98. The van der Waals surface area contributed by atoms with Crippen LogP contribution >= 0.6 is 0 Å². The monoisotopic (exact) mass is 288 g/mol. The summed E-state index contributed by atoms with van der Waals surface area (Å²) in [6, 6.07) is 10.7. The van der Waals surface area contributed by atoms with E-state index in [0.717, 1.165) is 11.3 Å². The molecule has 3 N–H and O–H groups in total. The van der Waals surface area contributed by atoms with E-state index in [1.54, 1.807) is 16.8 Å². The number of aliphatic hydroxyl groups excluding tert-OH is 1. The number of nitrogens with two attached hydrogens (primary N) is 1. The van der Waals surface area contributed by atoms with Crippen LogP contribution in [0.1, 0.15) is 12.0 Å². The number of hydrogen-bond donors (Lipinski definition) is 2. The van der Waals surface area contributed by atoms with Gasteiger partial charge >= 0.3 is 0 Å². The molecule has 5 nitrogen and oxygen atoms in total. The predicted molar refractivity (Wildman–Crippen MR) is 82.5 cm³/mol. The van der Waals surface area contributed by atoms with Crippen molar-refractivity contribution in [2.45, 2.75) is 19.4 Å². The summed E-state index contributed by atoms with van der Waals surface area (Å²) in [4.78, 5) is 11.6. The number of ether oxygens (including phenoxy) is 1. The Balaban J connectivity index is 1.87. The third-order valence-corrected chi connectivity index (χ3v) is 3.16. The smallest absolute Gasteiger partial charge is 0.250 e. The predicted octanol–water partition coefficient (Wildman–Crippen LogP) is 1.43. The van der Waals surface area contributed by atoms with Gasteiger partial charge in [-0.2, -0.15) is 0 Å². The Labute approximate surface area is 123 Å². The fourth-order valence-electron chi connectivity index (χ4n) is 2.11. The third-order valence-electron chi connectivity index (χ3n) is 3.16. The minimum Gasteiger partial charge on any atom is -0.493 e. The average molecular weight is 288 g/mol. The lowest BCUT2D eigenvalue weighted by atomic mass is 10.1. The van der Waals surface area contributed by atoms with Crippen molar-refractivity contribution >= 4 is 5.69 Å². The number of aromatic nitrogens is 1. The Morgan fingerprint density at radius 1 is 1.19 bits per heavy atom. The SMILES string of the molecule is Nc1ccc(=O)n(CCCOc2ccccc2CCO)c1. The van der Waals surface area contributed by atoms with Gasteiger partial charge in [-0.15, -0.1) is 0 Å². The third kappa shape index (κ3) is 4.36. The molecule has 0 saturated carbocycles. The van der Waals surface area contributed by atoms with Gasteiger partial charge in [-0.25, -0.2) is 0 Å². The lowest BCUT2D eigenvalue weighted by Gasteiger charge is -2.11. The van der Waals surface area contributed by atoms with Gasteiger partial charge in [0.05, 0.1) is 6.61 Å². The summed E-state index contributed by atoms with van der Waals surface area (Å²) in [7, 11) is 0. The number of pyridine rings is 1. The van der Waals surface area contributed by atoms with Gasteiger partial charge in [0.25, 0.3) is 5.56 Å². The molecule has 0 radical (unpaired) electrons. The summed E-state index contributed by atoms with van der Waals surface area (Å²) < 4.78 is 7.31. The lowest BCUT2D eigenvalue weighted by molar-refractivity contribution is 0.282. The fraction of sp³-hybridized carbons (Fsp3) is 0.312. The molecule has 0 aliphatic carbocycles. The Bertz CT molecular complexity index is 637. The number of para-hydroxylation sites is 1.